The number of amides is 1. The van der Waals surface area contributed by atoms with Crippen LogP contribution in [-0.4, -0.2) is 30.0 Å². The molecule has 2 heterocycles. The Kier molecular flexibility index (Phi) is 4.12. The van der Waals surface area contributed by atoms with Crippen LogP contribution in [0.1, 0.15) is 23.7 Å². The molecule has 0 bridgehead atoms. The Balaban J connectivity index is 2.01. The molecule has 0 spiro atoms. The van der Waals surface area contributed by atoms with E-state index in [0.29, 0.717) is 11.5 Å². The average molecular weight is 298 g/mol. The first-order chi connectivity index (χ1) is 8.16. The maximum absolute atomic E-state index is 12.0. The van der Waals surface area contributed by atoms with E-state index in [1.165, 1.54) is 0 Å². The van der Waals surface area contributed by atoms with Crippen LogP contribution < -0.4 is 10.6 Å². The van der Waals surface area contributed by atoms with Crippen LogP contribution in [0.4, 0.5) is 0 Å². The molecule has 2 N–H and O–H groups in total. The van der Waals surface area contributed by atoms with Crippen LogP contribution >= 0.6 is 15.9 Å². The molecule has 5 heteroatoms. The number of carbonyl (C=O) groups excluding carboxylic acids is 1. The number of aromatic nitrogens is 1. The van der Waals surface area contributed by atoms with Crippen LogP contribution in [0, 0.1) is 5.92 Å². The third-order valence-corrected chi connectivity index (χ3v) is 3.54. The number of hydrogen-bond acceptors (Lipinski definition) is 3. The first kappa shape index (κ1) is 12.5. The molecule has 1 fully saturated rings. The van der Waals surface area contributed by atoms with Gasteiger partial charge < -0.3 is 10.6 Å². The van der Waals surface area contributed by atoms with Gasteiger partial charge in [0.25, 0.3) is 5.91 Å². The molecule has 1 amide bonds. The Morgan fingerprint density at radius 2 is 2.41 bits per heavy atom. The molecule has 2 atom stereocenters. The monoisotopic (exact) mass is 297 g/mol. The molecule has 1 saturated heterocycles. The van der Waals surface area contributed by atoms with Crippen molar-refractivity contribution in [3.63, 3.8) is 0 Å². The van der Waals surface area contributed by atoms with Crippen LogP contribution in [-0.2, 0) is 0 Å². The highest BCUT2D eigenvalue weighted by Gasteiger charge is 2.23. The van der Waals surface area contributed by atoms with E-state index >= 15 is 0 Å². The summed E-state index contributed by atoms with van der Waals surface area (Å²) in [4.78, 5) is 16.0. The summed E-state index contributed by atoms with van der Waals surface area (Å²) in [7, 11) is 0. The highest BCUT2D eigenvalue weighted by atomic mass is 79.9. The molecule has 0 aromatic carbocycles. The fourth-order valence-corrected chi connectivity index (χ4v) is 2.34. The average Bonchev–Trinajstić information content (AvgIpc) is 2.32. The lowest BCUT2D eigenvalue weighted by atomic mass is 9.94. The van der Waals surface area contributed by atoms with Crippen LogP contribution in [0.25, 0.3) is 0 Å². The van der Waals surface area contributed by atoms with Crippen molar-refractivity contribution in [2.75, 3.05) is 13.1 Å². The van der Waals surface area contributed by atoms with E-state index in [0.717, 1.165) is 24.0 Å². The summed E-state index contributed by atoms with van der Waals surface area (Å²) in [5, 5.41) is 6.34. The lowest BCUT2D eigenvalue weighted by Crippen LogP contribution is -2.50. The summed E-state index contributed by atoms with van der Waals surface area (Å²) >= 11 is 3.31. The molecule has 2 rings (SSSR count). The summed E-state index contributed by atoms with van der Waals surface area (Å²) in [5.74, 6) is 0.458. The van der Waals surface area contributed by atoms with Crippen molar-refractivity contribution in [1.82, 2.24) is 15.6 Å². The van der Waals surface area contributed by atoms with Gasteiger partial charge in [0.1, 0.15) is 0 Å². The lowest BCUT2D eigenvalue weighted by molar-refractivity contribution is 0.0915. The molecule has 1 aromatic heterocycles. The number of pyridine rings is 1. The van der Waals surface area contributed by atoms with Gasteiger partial charge in [-0.15, -0.1) is 0 Å². The smallest absolute Gasteiger partial charge is 0.253 e. The Labute approximate surface area is 109 Å². The number of piperidine rings is 1. The van der Waals surface area contributed by atoms with Gasteiger partial charge in [-0.25, -0.2) is 0 Å². The fourth-order valence-electron chi connectivity index (χ4n) is 1.97. The van der Waals surface area contributed by atoms with Crippen molar-refractivity contribution >= 4 is 21.8 Å². The number of nitrogens with zero attached hydrogens (tertiary/aromatic N) is 1. The molecule has 0 radical (unpaired) electrons. The Morgan fingerprint density at radius 1 is 1.59 bits per heavy atom. The number of halogens is 1. The number of rotatable bonds is 2. The predicted octanol–water partition coefficient (Wildman–Crippen LogP) is 1.57. The van der Waals surface area contributed by atoms with Gasteiger partial charge >= 0.3 is 0 Å². The second kappa shape index (κ2) is 5.60. The highest BCUT2D eigenvalue weighted by molar-refractivity contribution is 9.10. The van der Waals surface area contributed by atoms with Crippen molar-refractivity contribution in [2.45, 2.75) is 19.4 Å². The quantitative estimate of drug-likeness (QED) is 0.871. The van der Waals surface area contributed by atoms with Crippen LogP contribution in [0.3, 0.4) is 0 Å². The van der Waals surface area contributed by atoms with E-state index < -0.39 is 0 Å². The molecule has 1 aliphatic rings. The van der Waals surface area contributed by atoms with Crippen molar-refractivity contribution in [1.29, 1.82) is 0 Å². The zero-order valence-electron chi connectivity index (χ0n) is 9.74. The van der Waals surface area contributed by atoms with Gasteiger partial charge in [-0.3, -0.25) is 9.78 Å². The normalized spacial score (nSPS) is 24.4. The van der Waals surface area contributed by atoms with E-state index in [9.17, 15) is 4.79 Å². The van der Waals surface area contributed by atoms with Gasteiger partial charge in [0.05, 0.1) is 5.56 Å². The van der Waals surface area contributed by atoms with Gasteiger partial charge in [-0.2, -0.15) is 0 Å². The fraction of sp³-hybridized carbons (Fsp3) is 0.500. The Morgan fingerprint density at radius 3 is 3.12 bits per heavy atom. The summed E-state index contributed by atoms with van der Waals surface area (Å²) in [5.41, 5.74) is 0.595. The van der Waals surface area contributed by atoms with E-state index in [2.05, 4.69) is 38.5 Å². The lowest BCUT2D eigenvalue weighted by Gasteiger charge is -2.30. The molecule has 0 saturated carbocycles. The van der Waals surface area contributed by atoms with E-state index in [1.807, 2.05) is 0 Å². The molecule has 2 unspecified atom stereocenters. The molecule has 1 aliphatic heterocycles. The van der Waals surface area contributed by atoms with Crippen LogP contribution in [0.15, 0.2) is 22.9 Å². The standard InChI is InChI=1S/C12H16BrN3O/c1-8-2-3-14-7-11(8)16-12(17)9-4-10(13)6-15-5-9/h4-6,8,11,14H,2-3,7H2,1H3,(H,16,17). The minimum absolute atomic E-state index is 0.0562. The summed E-state index contributed by atoms with van der Waals surface area (Å²) in [6.07, 6.45) is 4.35. The second-order valence-corrected chi connectivity index (χ2v) is 5.36. The van der Waals surface area contributed by atoms with Crippen molar-refractivity contribution in [3.8, 4) is 0 Å². The first-order valence-electron chi connectivity index (χ1n) is 5.79. The maximum Gasteiger partial charge on any atom is 0.253 e. The molecule has 1 aromatic rings. The van der Waals surface area contributed by atoms with Crippen LogP contribution in [0.2, 0.25) is 0 Å². The predicted molar refractivity (Wildman–Crippen MR) is 69.8 cm³/mol. The number of carbonyl (C=O) groups is 1. The van der Waals surface area contributed by atoms with Crippen LogP contribution in [0.5, 0.6) is 0 Å². The minimum Gasteiger partial charge on any atom is -0.348 e. The van der Waals surface area contributed by atoms with Gasteiger partial charge in [0, 0.05) is 29.5 Å². The molecule has 4 nitrogen and oxygen atoms in total. The minimum atomic E-state index is -0.0562. The highest BCUT2D eigenvalue weighted by Crippen LogP contribution is 2.13. The summed E-state index contributed by atoms with van der Waals surface area (Å²) < 4.78 is 0.819. The summed E-state index contributed by atoms with van der Waals surface area (Å²) in [6.45, 7) is 4.05. The number of nitrogens with one attached hydrogen (secondary N) is 2. The topological polar surface area (TPSA) is 54.0 Å². The molecular weight excluding hydrogens is 282 g/mol. The van der Waals surface area contributed by atoms with E-state index in [-0.39, 0.29) is 11.9 Å². The third-order valence-electron chi connectivity index (χ3n) is 3.11. The van der Waals surface area contributed by atoms with Crippen molar-refractivity contribution in [2.24, 2.45) is 5.92 Å². The number of hydrogen-bond donors (Lipinski definition) is 2. The first-order valence-corrected chi connectivity index (χ1v) is 6.58. The zero-order chi connectivity index (χ0) is 12.3. The third kappa shape index (κ3) is 3.26. The van der Waals surface area contributed by atoms with Crippen molar-refractivity contribution < 1.29 is 4.79 Å². The second-order valence-electron chi connectivity index (χ2n) is 4.44. The van der Waals surface area contributed by atoms with Gasteiger partial charge in [-0.1, -0.05) is 6.92 Å². The maximum atomic E-state index is 12.0. The van der Waals surface area contributed by atoms with Gasteiger partial charge in [-0.05, 0) is 40.9 Å². The Hall–Kier alpha value is -0.940. The molecule has 17 heavy (non-hydrogen) atoms. The Bertz CT molecular complexity index is 410. The molecule has 0 aliphatic carbocycles. The van der Waals surface area contributed by atoms with Gasteiger partial charge in [0.2, 0.25) is 0 Å². The summed E-state index contributed by atoms with van der Waals surface area (Å²) in [6, 6.07) is 1.98. The van der Waals surface area contributed by atoms with E-state index in [1.54, 1.807) is 18.5 Å². The van der Waals surface area contributed by atoms with Gasteiger partial charge in [0.15, 0.2) is 0 Å². The molecule has 92 valence electrons. The van der Waals surface area contributed by atoms with Crippen molar-refractivity contribution in [3.05, 3.63) is 28.5 Å². The van der Waals surface area contributed by atoms with E-state index in [4.69, 9.17) is 0 Å². The SMILES string of the molecule is CC1CCNCC1NC(=O)c1cncc(Br)c1. The largest absolute Gasteiger partial charge is 0.348 e. The molecular formula is C12H16BrN3O. The zero-order valence-corrected chi connectivity index (χ0v) is 11.3.